The van der Waals surface area contributed by atoms with Crippen LogP contribution in [0, 0.1) is 5.92 Å². The maximum atomic E-state index is 13.2. The molecule has 2 aromatic heterocycles. The number of aromatic amines is 1. The number of aromatic nitrogens is 6. The molecule has 0 fully saturated rings. The number of nitrogens with two attached hydrogens (primary N) is 1. The molecule has 1 aromatic carbocycles. The van der Waals surface area contributed by atoms with E-state index in [0.29, 0.717) is 24.7 Å². The highest BCUT2D eigenvalue weighted by atomic mass is 32.2. The van der Waals surface area contributed by atoms with Gasteiger partial charge in [-0.15, -0.1) is 5.10 Å². The van der Waals surface area contributed by atoms with Crippen LogP contribution in [0.5, 0.6) is 0 Å². The summed E-state index contributed by atoms with van der Waals surface area (Å²) in [5, 5.41) is 12.2. The van der Waals surface area contributed by atoms with Crippen LogP contribution < -0.4 is 21.9 Å². The van der Waals surface area contributed by atoms with E-state index in [4.69, 9.17) is 5.73 Å². The molecule has 12 heteroatoms. The Morgan fingerprint density at radius 2 is 1.97 bits per heavy atom. The van der Waals surface area contributed by atoms with Gasteiger partial charge in [0.05, 0.1) is 11.4 Å². The quantitative estimate of drug-likeness (QED) is 0.424. The number of H-pyrrole nitrogens is 1. The number of tetrazole rings is 1. The van der Waals surface area contributed by atoms with Gasteiger partial charge in [0.15, 0.2) is 5.69 Å². The Kier molecular flexibility index (Phi) is 8.04. The van der Waals surface area contributed by atoms with Gasteiger partial charge in [0, 0.05) is 13.1 Å². The van der Waals surface area contributed by atoms with Crippen LogP contribution in [0.15, 0.2) is 45.1 Å². The van der Waals surface area contributed by atoms with Crippen LogP contribution in [0.3, 0.4) is 0 Å². The summed E-state index contributed by atoms with van der Waals surface area (Å²) in [6.45, 7) is 6.48. The first-order valence-electron chi connectivity index (χ1n) is 10.7. The molecule has 0 radical (unpaired) electrons. The Balaban J connectivity index is 1.89. The molecule has 3 rings (SSSR count). The lowest BCUT2D eigenvalue weighted by Crippen LogP contribution is -2.42. The molecule has 11 nitrogen and oxygen atoms in total. The smallest absolute Gasteiger partial charge is 0.330 e. The second-order valence-corrected chi connectivity index (χ2v) is 8.84. The van der Waals surface area contributed by atoms with Crippen LogP contribution in [0.4, 0.5) is 11.5 Å². The molecule has 2 heterocycles. The summed E-state index contributed by atoms with van der Waals surface area (Å²) >= 11 is 1.16. The number of amides is 1. The van der Waals surface area contributed by atoms with E-state index in [1.54, 1.807) is 0 Å². The molecular weight excluding hydrogens is 444 g/mol. The second-order valence-electron chi connectivity index (χ2n) is 7.89. The molecule has 0 atom stereocenters. The van der Waals surface area contributed by atoms with E-state index >= 15 is 0 Å². The fraction of sp³-hybridized carbons (Fsp3) is 0.429. The number of nitrogens with zero attached hydrogens (tertiary/aromatic N) is 6. The van der Waals surface area contributed by atoms with Gasteiger partial charge in [0.25, 0.3) is 5.56 Å². The van der Waals surface area contributed by atoms with Crippen LogP contribution >= 0.6 is 11.8 Å². The van der Waals surface area contributed by atoms with Crippen LogP contribution in [0.1, 0.15) is 33.6 Å². The summed E-state index contributed by atoms with van der Waals surface area (Å²) in [5.41, 5.74) is 5.73. The molecular formula is C21H28N8O3S. The summed E-state index contributed by atoms with van der Waals surface area (Å²) in [6, 6.07) is 9.33. The molecule has 33 heavy (non-hydrogen) atoms. The van der Waals surface area contributed by atoms with E-state index in [9.17, 15) is 14.4 Å². The van der Waals surface area contributed by atoms with Crippen molar-refractivity contribution in [3.63, 3.8) is 0 Å². The summed E-state index contributed by atoms with van der Waals surface area (Å²) < 4.78 is 2.84. The first kappa shape index (κ1) is 24.2. The van der Waals surface area contributed by atoms with E-state index in [1.165, 1.54) is 14.1 Å². The zero-order valence-electron chi connectivity index (χ0n) is 18.9. The number of anilines is 2. The highest BCUT2D eigenvalue weighted by Crippen LogP contribution is 2.22. The molecule has 0 saturated heterocycles. The van der Waals surface area contributed by atoms with Gasteiger partial charge in [-0.2, -0.15) is 4.68 Å². The van der Waals surface area contributed by atoms with Crippen molar-refractivity contribution in [1.29, 1.82) is 0 Å². The molecule has 176 valence electrons. The lowest BCUT2D eigenvalue weighted by atomic mass is 10.2. The number of hydrogen-bond acceptors (Lipinski definition) is 8. The normalized spacial score (nSPS) is 11.2. The van der Waals surface area contributed by atoms with Crippen molar-refractivity contribution >= 4 is 29.2 Å². The van der Waals surface area contributed by atoms with Crippen molar-refractivity contribution in [3.8, 4) is 5.69 Å². The number of unbranched alkanes of at least 4 members (excludes halogenated alkanes) is 1. The third-order valence-corrected chi connectivity index (χ3v) is 5.74. The topological polar surface area (TPSA) is 145 Å². The molecule has 3 aromatic rings. The maximum Gasteiger partial charge on any atom is 0.330 e. The third kappa shape index (κ3) is 5.69. The van der Waals surface area contributed by atoms with E-state index < -0.39 is 11.2 Å². The minimum Gasteiger partial charge on any atom is -0.383 e. The monoisotopic (exact) mass is 472 g/mol. The number of hydrogen-bond donors (Lipinski definition) is 2. The summed E-state index contributed by atoms with van der Waals surface area (Å²) in [4.78, 5) is 41.9. The van der Waals surface area contributed by atoms with E-state index in [1.807, 2.05) is 51.1 Å². The average Bonchev–Trinajstić information content (AvgIpc) is 3.26. The lowest BCUT2D eigenvalue weighted by molar-refractivity contribution is -0.116. The van der Waals surface area contributed by atoms with Gasteiger partial charge in [-0.1, -0.05) is 57.2 Å². The van der Waals surface area contributed by atoms with Crippen LogP contribution in [-0.2, 0) is 11.3 Å². The Morgan fingerprint density at radius 3 is 2.64 bits per heavy atom. The van der Waals surface area contributed by atoms with Gasteiger partial charge in [-0.25, -0.2) is 4.79 Å². The lowest BCUT2D eigenvalue weighted by Gasteiger charge is -2.24. The van der Waals surface area contributed by atoms with E-state index in [2.05, 4.69) is 20.5 Å². The number of rotatable bonds is 10. The Labute approximate surface area is 195 Å². The van der Waals surface area contributed by atoms with Crippen molar-refractivity contribution in [2.45, 2.75) is 45.3 Å². The standard InChI is InChI=1S/C21H28N8O3S/c1-4-5-11-27(17-18(22)28(12-14(2)3)20(32)23-19(17)31)16(30)13-33-21-24-25-26-29(21)15-9-7-6-8-10-15/h6-10,14H,4-5,11-13,22H2,1-3H3,(H,23,31,32). The van der Waals surface area contributed by atoms with Crippen molar-refractivity contribution in [2.75, 3.05) is 22.9 Å². The molecule has 1 amide bonds. The minimum atomic E-state index is -0.680. The van der Waals surface area contributed by atoms with Gasteiger partial charge in [0.2, 0.25) is 11.1 Å². The first-order valence-corrected chi connectivity index (χ1v) is 11.7. The summed E-state index contributed by atoms with van der Waals surface area (Å²) in [6.07, 6.45) is 1.48. The molecule has 0 aliphatic rings. The molecule has 0 bridgehead atoms. The Hall–Kier alpha value is -3.41. The van der Waals surface area contributed by atoms with Crippen LogP contribution in [-0.4, -0.2) is 48.0 Å². The Bertz CT molecular complexity index is 1200. The van der Waals surface area contributed by atoms with Gasteiger partial charge in [-0.05, 0) is 34.9 Å². The van der Waals surface area contributed by atoms with Crippen molar-refractivity contribution in [3.05, 3.63) is 51.2 Å². The number of thioether (sulfide) groups is 1. The predicted octanol–water partition coefficient (Wildman–Crippen LogP) is 1.68. The van der Waals surface area contributed by atoms with Crippen molar-refractivity contribution < 1.29 is 4.79 Å². The van der Waals surface area contributed by atoms with E-state index in [-0.39, 0.29) is 29.1 Å². The van der Waals surface area contributed by atoms with Gasteiger partial charge in [0.1, 0.15) is 5.82 Å². The van der Waals surface area contributed by atoms with Gasteiger partial charge < -0.3 is 10.6 Å². The Morgan fingerprint density at radius 1 is 1.24 bits per heavy atom. The minimum absolute atomic E-state index is 0.00282. The number of nitrogens with one attached hydrogen (secondary N) is 1. The number of nitrogen functional groups attached to an aromatic ring is 1. The van der Waals surface area contributed by atoms with Crippen LogP contribution in [0.2, 0.25) is 0 Å². The number of carbonyl (C=O) groups excluding carboxylic acids is 1. The second kappa shape index (κ2) is 10.9. The maximum absolute atomic E-state index is 13.2. The molecule has 0 unspecified atom stereocenters. The fourth-order valence-electron chi connectivity index (χ4n) is 3.27. The highest BCUT2D eigenvalue weighted by molar-refractivity contribution is 7.99. The number of carbonyl (C=O) groups is 1. The SMILES string of the molecule is CCCCN(C(=O)CSc1nnnn1-c1ccccc1)c1c(N)n(CC(C)C)c(=O)[nH]c1=O. The van der Waals surface area contributed by atoms with Crippen molar-refractivity contribution in [2.24, 2.45) is 5.92 Å². The zero-order chi connectivity index (χ0) is 24.0. The summed E-state index contributed by atoms with van der Waals surface area (Å²) in [7, 11) is 0. The molecule has 0 aliphatic carbocycles. The summed E-state index contributed by atoms with van der Waals surface area (Å²) in [5.74, 6) is -0.237. The first-order chi connectivity index (χ1) is 15.8. The molecule has 0 saturated carbocycles. The van der Waals surface area contributed by atoms with Crippen molar-refractivity contribution in [1.82, 2.24) is 29.8 Å². The zero-order valence-corrected chi connectivity index (χ0v) is 19.7. The molecule has 0 aliphatic heterocycles. The molecule has 3 N–H and O–H groups in total. The van der Waals surface area contributed by atoms with Crippen LogP contribution in [0.25, 0.3) is 5.69 Å². The van der Waals surface area contributed by atoms with Gasteiger partial charge >= 0.3 is 5.69 Å². The van der Waals surface area contributed by atoms with Gasteiger partial charge in [-0.3, -0.25) is 19.1 Å². The largest absolute Gasteiger partial charge is 0.383 e. The third-order valence-electron chi connectivity index (χ3n) is 4.83. The fourth-order valence-corrected chi connectivity index (χ4v) is 4.03. The number of para-hydroxylation sites is 1. The number of benzene rings is 1. The predicted molar refractivity (Wildman–Crippen MR) is 128 cm³/mol. The molecule has 0 spiro atoms. The average molecular weight is 473 g/mol. The highest BCUT2D eigenvalue weighted by Gasteiger charge is 2.25. The van der Waals surface area contributed by atoms with E-state index in [0.717, 1.165) is 23.9 Å².